The van der Waals surface area contributed by atoms with E-state index in [0.29, 0.717) is 0 Å². The molecule has 19 heavy (non-hydrogen) atoms. The van der Waals surface area contributed by atoms with Gasteiger partial charge in [0.2, 0.25) is 5.91 Å². The van der Waals surface area contributed by atoms with Crippen molar-refractivity contribution >= 4 is 33.6 Å². The minimum atomic E-state index is -0.225. The van der Waals surface area contributed by atoms with E-state index in [1.807, 2.05) is 18.2 Å². The number of benzene rings is 1. The minimum Gasteiger partial charge on any atom is -0.351 e. The Morgan fingerprint density at radius 3 is 2.79 bits per heavy atom. The third-order valence-electron chi connectivity index (χ3n) is 3.55. The molecule has 2 atom stereocenters. The first-order valence-corrected chi connectivity index (χ1v) is 8.79. The molecule has 4 heteroatoms. The van der Waals surface area contributed by atoms with Gasteiger partial charge in [-0.3, -0.25) is 4.79 Å². The summed E-state index contributed by atoms with van der Waals surface area (Å²) in [5.41, 5.74) is 1.26. The largest absolute Gasteiger partial charge is 0.351 e. The minimum absolute atomic E-state index is 0.160. The molecule has 0 aliphatic carbocycles. The molecule has 1 aromatic carbocycles. The van der Waals surface area contributed by atoms with Crippen molar-refractivity contribution in [2.24, 2.45) is 0 Å². The van der Waals surface area contributed by atoms with Crippen LogP contribution in [0.3, 0.4) is 0 Å². The van der Waals surface area contributed by atoms with Gasteiger partial charge in [-0.2, -0.15) is 0 Å². The summed E-state index contributed by atoms with van der Waals surface area (Å²) in [6.45, 7) is 2.06. The van der Waals surface area contributed by atoms with Gasteiger partial charge in [0.1, 0.15) is 0 Å². The van der Waals surface area contributed by atoms with Crippen LogP contribution in [0, 0.1) is 0 Å². The number of hydrogen-bond acceptors (Lipinski definition) is 2. The molecule has 1 N–H and O–H groups in total. The smallest absolute Gasteiger partial charge is 0.236 e. The molecule has 1 heterocycles. The zero-order chi connectivity index (χ0) is 13.7. The molecule has 1 amide bonds. The zero-order valence-corrected chi connectivity index (χ0v) is 13.6. The van der Waals surface area contributed by atoms with Crippen molar-refractivity contribution < 1.29 is 4.79 Å². The number of thioether (sulfide) groups is 1. The number of carbonyl (C=O) groups is 1. The molecule has 1 aliphatic heterocycles. The van der Waals surface area contributed by atoms with Crippen molar-refractivity contribution in [1.82, 2.24) is 5.32 Å². The van der Waals surface area contributed by atoms with E-state index in [0.717, 1.165) is 30.3 Å². The Labute approximate surface area is 127 Å². The fourth-order valence-corrected chi connectivity index (χ4v) is 3.95. The van der Waals surface area contributed by atoms with Crippen LogP contribution in [0.2, 0.25) is 0 Å². The second-order valence-corrected chi connectivity index (χ2v) is 7.44. The van der Waals surface area contributed by atoms with E-state index in [1.165, 1.54) is 5.56 Å². The third kappa shape index (κ3) is 3.99. The average molecular weight is 342 g/mol. The molecule has 0 radical (unpaired) electrons. The lowest BCUT2D eigenvalue weighted by molar-refractivity contribution is -0.123. The second kappa shape index (κ2) is 6.80. The predicted octanol–water partition coefficient (Wildman–Crippen LogP) is 3.39. The summed E-state index contributed by atoms with van der Waals surface area (Å²) in [4.78, 5) is 12.4. The number of hydrogen-bond donors (Lipinski definition) is 1. The third-order valence-corrected chi connectivity index (χ3v) is 5.85. The van der Waals surface area contributed by atoms with Crippen LogP contribution in [0.15, 0.2) is 30.3 Å². The number of rotatable bonds is 5. The maximum Gasteiger partial charge on any atom is 0.236 e. The first kappa shape index (κ1) is 14.9. The predicted molar refractivity (Wildman–Crippen MR) is 86.0 cm³/mol. The van der Waals surface area contributed by atoms with Crippen LogP contribution >= 0.6 is 27.7 Å². The molecular weight excluding hydrogens is 322 g/mol. The van der Waals surface area contributed by atoms with Crippen molar-refractivity contribution in [2.75, 3.05) is 11.1 Å². The highest BCUT2D eigenvalue weighted by molar-refractivity contribution is 9.09. The highest BCUT2D eigenvalue weighted by Crippen LogP contribution is 2.37. The van der Waals surface area contributed by atoms with Crippen LogP contribution in [0.25, 0.3) is 0 Å². The van der Waals surface area contributed by atoms with Crippen LogP contribution in [0.5, 0.6) is 0 Å². The van der Waals surface area contributed by atoms with Crippen LogP contribution < -0.4 is 5.32 Å². The Kier molecular flexibility index (Phi) is 5.34. The summed E-state index contributed by atoms with van der Waals surface area (Å²) in [6.07, 6.45) is 3.01. The van der Waals surface area contributed by atoms with E-state index in [4.69, 9.17) is 0 Å². The Hall–Kier alpha value is -0.480. The van der Waals surface area contributed by atoms with E-state index in [9.17, 15) is 4.79 Å². The zero-order valence-electron chi connectivity index (χ0n) is 11.2. The standard InChI is InChI=1S/C15H20BrNOS/c1-15(8-5-9-19-15)14(18)17-13(11-16)10-12-6-3-2-4-7-12/h2-4,6-7,13H,5,8-11H2,1H3,(H,17,18). The molecule has 2 rings (SSSR count). The summed E-state index contributed by atoms with van der Waals surface area (Å²) in [5, 5.41) is 3.98. The first-order chi connectivity index (χ1) is 9.14. The van der Waals surface area contributed by atoms with E-state index in [-0.39, 0.29) is 16.7 Å². The molecule has 1 aromatic rings. The van der Waals surface area contributed by atoms with Crippen LogP contribution in [0.1, 0.15) is 25.3 Å². The maximum absolute atomic E-state index is 12.4. The van der Waals surface area contributed by atoms with Crippen LogP contribution in [0.4, 0.5) is 0 Å². The molecule has 1 fully saturated rings. The van der Waals surface area contributed by atoms with Gasteiger partial charge in [-0.25, -0.2) is 0 Å². The lowest BCUT2D eigenvalue weighted by atomic mass is 10.0. The Morgan fingerprint density at radius 2 is 2.21 bits per heavy atom. The SMILES string of the molecule is CC1(C(=O)NC(CBr)Cc2ccccc2)CCCS1. The summed E-state index contributed by atoms with van der Waals surface area (Å²) < 4.78 is -0.225. The Balaban J connectivity index is 1.94. The molecule has 2 unspecified atom stereocenters. The van der Waals surface area contributed by atoms with Crippen LogP contribution in [-0.2, 0) is 11.2 Å². The van der Waals surface area contributed by atoms with Crippen molar-refractivity contribution in [3.05, 3.63) is 35.9 Å². The van der Waals surface area contributed by atoms with Gasteiger partial charge in [-0.05, 0) is 37.5 Å². The van der Waals surface area contributed by atoms with Crippen molar-refractivity contribution in [2.45, 2.75) is 37.0 Å². The molecule has 0 spiro atoms. The second-order valence-electron chi connectivity index (χ2n) is 5.20. The monoisotopic (exact) mass is 341 g/mol. The van der Waals surface area contributed by atoms with Gasteiger partial charge in [-0.1, -0.05) is 46.3 Å². The van der Waals surface area contributed by atoms with Crippen molar-refractivity contribution in [1.29, 1.82) is 0 Å². The van der Waals surface area contributed by atoms with Gasteiger partial charge in [0.15, 0.2) is 0 Å². The van der Waals surface area contributed by atoms with Gasteiger partial charge in [-0.15, -0.1) is 11.8 Å². The van der Waals surface area contributed by atoms with Crippen molar-refractivity contribution in [3.8, 4) is 0 Å². The van der Waals surface area contributed by atoms with E-state index < -0.39 is 0 Å². The summed E-state index contributed by atoms with van der Waals surface area (Å²) in [6, 6.07) is 10.5. The Morgan fingerprint density at radius 1 is 1.47 bits per heavy atom. The molecule has 104 valence electrons. The number of nitrogens with one attached hydrogen (secondary N) is 1. The molecular formula is C15H20BrNOS. The highest BCUT2D eigenvalue weighted by atomic mass is 79.9. The number of carbonyl (C=O) groups excluding carboxylic acids is 1. The molecule has 0 aromatic heterocycles. The first-order valence-electron chi connectivity index (χ1n) is 6.69. The van der Waals surface area contributed by atoms with E-state index in [2.05, 4.69) is 40.3 Å². The quantitative estimate of drug-likeness (QED) is 0.831. The molecule has 0 bridgehead atoms. The normalized spacial score (nSPS) is 24.1. The molecule has 0 saturated carbocycles. The molecule has 2 nitrogen and oxygen atoms in total. The highest BCUT2D eigenvalue weighted by Gasteiger charge is 2.37. The van der Waals surface area contributed by atoms with Gasteiger partial charge in [0.25, 0.3) is 0 Å². The molecule has 1 saturated heterocycles. The van der Waals surface area contributed by atoms with Crippen LogP contribution in [-0.4, -0.2) is 27.8 Å². The van der Waals surface area contributed by atoms with Gasteiger partial charge in [0.05, 0.1) is 4.75 Å². The van der Waals surface area contributed by atoms with E-state index in [1.54, 1.807) is 11.8 Å². The van der Waals surface area contributed by atoms with E-state index >= 15 is 0 Å². The lowest BCUT2D eigenvalue weighted by Crippen LogP contribution is -2.47. The summed E-state index contributed by atoms with van der Waals surface area (Å²) in [7, 11) is 0. The van der Waals surface area contributed by atoms with Gasteiger partial charge >= 0.3 is 0 Å². The fourth-order valence-electron chi connectivity index (χ4n) is 2.34. The molecule has 1 aliphatic rings. The fraction of sp³-hybridized carbons (Fsp3) is 0.533. The maximum atomic E-state index is 12.4. The van der Waals surface area contributed by atoms with Crippen molar-refractivity contribution in [3.63, 3.8) is 0 Å². The summed E-state index contributed by atoms with van der Waals surface area (Å²) in [5.74, 6) is 1.29. The summed E-state index contributed by atoms with van der Waals surface area (Å²) >= 11 is 5.29. The Bertz CT molecular complexity index is 417. The van der Waals surface area contributed by atoms with Gasteiger partial charge < -0.3 is 5.32 Å². The number of alkyl halides is 1. The number of amides is 1. The topological polar surface area (TPSA) is 29.1 Å². The number of halogens is 1. The van der Waals surface area contributed by atoms with Gasteiger partial charge in [0, 0.05) is 11.4 Å². The average Bonchev–Trinajstić information content (AvgIpc) is 2.87. The lowest BCUT2D eigenvalue weighted by Gasteiger charge is -2.25.